The number of alkyl halides is 1. The molecule has 3 rings (SSSR count). The molecule has 0 amide bonds. The van der Waals surface area contributed by atoms with Crippen molar-refractivity contribution in [2.24, 2.45) is 0 Å². The number of aromatic nitrogens is 2. The van der Waals surface area contributed by atoms with E-state index < -0.39 is 0 Å². The molecule has 2 aromatic rings. The van der Waals surface area contributed by atoms with E-state index in [4.69, 9.17) is 16.6 Å². The van der Waals surface area contributed by atoms with Gasteiger partial charge in [-0.1, -0.05) is 13.0 Å². The first-order chi connectivity index (χ1) is 10.1. The van der Waals surface area contributed by atoms with Gasteiger partial charge in [0.15, 0.2) is 0 Å². The van der Waals surface area contributed by atoms with Gasteiger partial charge in [0.1, 0.15) is 5.82 Å². The molecule has 0 radical (unpaired) electrons. The molecular formula is C17H24ClN3. The highest BCUT2D eigenvalue weighted by molar-refractivity contribution is 6.20. The highest BCUT2D eigenvalue weighted by atomic mass is 35.5. The van der Waals surface area contributed by atoms with Crippen LogP contribution in [0.4, 0.5) is 0 Å². The van der Waals surface area contributed by atoms with Crippen LogP contribution in [0.15, 0.2) is 18.2 Å². The number of likely N-dealkylation sites (tertiary alicyclic amines) is 1. The fraction of sp³-hybridized carbons (Fsp3) is 0.588. The van der Waals surface area contributed by atoms with E-state index in [-0.39, 0.29) is 5.38 Å². The molecule has 2 heterocycles. The number of rotatable bonds is 3. The molecule has 1 aromatic carbocycles. The van der Waals surface area contributed by atoms with Crippen LogP contribution in [-0.4, -0.2) is 34.1 Å². The SMILES string of the molecule is CCN1CCCC(n2c(C(C)Cl)nc3cc(C)ccc32)C1. The van der Waals surface area contributed by atoms with Crippen molar-refractivity contribution in [2.45, 2.75) is 45.0 Å². The molecule has 0 bridgehead atoms. The Balaban J connectivity index is 2.08. The van der Waals surface area contributed by atoms with E-state index in [0.717, 1.165) is 24.4 Å². The molecule has 1 aliphatic rings. The highest BCUT2D eigenvalue weighted by Gasteiger charge is 2.25. The largest absolute Gasteiger partial charge is 0.322 e. The highest BCUT2D eigenvalue weighted by Crippen LogP contribution is 2.32. The molecule has 0 spiro atoms. The average Bonchev–Trinajstić information content (AvgIpc) is 2.86. The number of nitrogens with zero attached hydrogens (tertiary/aromatic N) is 3. The van der Waals surface area contributed by atoms with E-state index in [1.54, 1.807) is 0 Å². The Morgan fingerprint density at radius 2 is 2.24 bits per heavy atom. The summed E-state index contributed by atoms with van der Waals surface area (Å²) in [4.78, 5) is 7.34. The number of piperidine rings is 1. The Bertz CT molecular complexity index is 632. The van der Waals surface area contributed by atoms with Crippen molar-refractivity contribution in [3.63, 3.8) is 0 Å². The van der Waals surface area contributed by atoms with Crippen molar-refractivity contribution in [1.29, 1.82) is 0 Å². The molecular weight excluding hydrogens is 282 g/mol. The third-order valence-corrected chi connectivity index (χ3v) is 4.72. The van der Waals surface area contributed by atoms with Crippen LogP contribution in [0, 0.1) is 6.92 Å². The Morgan fingerprint density at radius 1 is 1.43 bits per heavy atom. The monoisotopic (exact) mass is 305 g/mol. The minimum atomic E-state index is -0.0605. The van der Waals surface area contributed by atoms with Gasteiger partial charge in [-0.05, 0) is 57.5 Å². The van der Waals surface area contributed by atoms with Crippen LogP contribution in [0.3, 0.4) is 0 Å². The van der Waals surface area contributed by atoms with Crippen molar-refractivity contribution < 1.29 is 0 Å². The molecule has 114 valence electrons. The van der Waals surface area contributed by atoms with Gasteiger partial charge in [0, 0.05) is 12.6 Å². The molecule has 1 saturated heterocycles. The smallest absolute Gasteiger partial charge is 0.128 e. The first-order valence-electron chi connectivity index (χ1n) is 7.95. The van der Waals surface area contributed by atoms with Gasteiger partial charge in [0.05, 0.1) is 16.4 Å². The molecule has 2 unspecified atom stereocenters. The Morgan fingerprint density at radius 3 is 2.95 bits per heavy atom. The fourth-order valence-electron chi connectivity index (χ4n) is 3.42. The van der Waals surface area contributed by atoms with Crippen LogP contribution in [0.2, 0.25) is 0 Å². The lowest BCUT2D eigenvalue weighted by molar-refractivity contribution is 0.185. The Hall–Kier alpha value is -1.06. The quantitative estimate of drug-likeness (QED) is 0.788. The van der Waals surface area contributed by atoms with Gasteiger partial charge in [0.25, 0.3) is 0 Å². The fourth-order valence-corrected chi connectivity index (χ4v) is 3.57. The average molecular weight is 306 g/mol. The molecule has 21 heavy (non-hydrogen) atoms. The zero-order valence-corrected chi connectivity index (χ0v) is 13.9. The normalized spacial score (nSPS) is 21.8. The summed E-state index contributed by atoms with van der Waals surface area (Å²) in [5, 5.41) is -0.0605. The standard InChI is InChI=1S/C17H24ClN3/c1-4-20-9-5-6-14(11-20)21-16-8-7-12(2)10-15(16)19-17(21)13(3)18/h7-8,10,13-14H,4-6,9,11H2,1-3H3. The summed E-state index contributed by atoms with van der Waals surface area (Å²) < 4.78 is 2.40. The van der Waals surface area contributed by atoms with Crippen molar-refractivity contribution in [3.8, 4) is 0 Å². The van der Waals surface area contributed by atoms with Crippen LogP contribution < -0.4 is 0 Å². The molecule has 0 aliphatic carbocycles. The van der Waals surface area contributed by atoms with Crippen molar-refractivity contribution >= 4 is 22.6 Å². The van der Waals surface area contributed by atoms with Crippen LogP contribution in [-0.2, 0) is 0 Å². The predicted octanol–water partition coefficient (Wildman–Crippen LogP) is 4.30. The molecule has 1 aliphatic heterocycles. The third kappa shape index (κ3) is 2.82. The van der Waals surface area contributed by atoms with E-state index in [0.29, 0.717) is 6.04 Å². The van der Waals surface area contributed by atoms with Gasteiger partial charge in [-0.25, -0.2) is 4.98 Å². The van der Waals surface area contributed by atoms with Gasteiger partial charge >= 0.3 is 0 Å². The number of hydrogen-bond donors (Lipinski definition) is 0. The minimum absolute atomic E-state index is 0.0605. The molecule has 2 atom stereocenters. The number of aryl methyl sites for hydroxylation is 1. The summed E-state index contributed by atoms with van der Waals surface area (Å²) in [6.45, 7) is 9.81. The maximum Gasteiger partial charge on any atom is 0.128 e. The van der Waals surface area contributed by atoms with Gasteiger partial charge in [-0.15, -0.1) is 11.6 Å². The number of halogens is 1. The zero-order chi connectivity index (χ0) is 15.0. The van der Waals surface area contributed by atoms with E-state index in [1.807, 2.05) is 6.92 Å². The molecule has 0 saturated carbocycles. The summed E-state index contributed by atoms with van der Waals surface area (Å²) in [6.07, 6.45) is 2.46. The van der Waals surface area contributed by atoms with Crippen LogP contribution >= 0.6 is 11.6 Å². The Kier molecular flexibility index (Phi) is 4.23. The lowest BCUT2D eigenvalue weighted by Crippen LogP contribution is -2.36. The van der Waals surface area contributed by atoms with Gasteiger partial charge < -0.3 is 9.47 Å². The van der Waals surface area contributed by atoms with E-state index in [1.165, 1.54) is 30.5 Å². The number of likely N-dealkylation sites (N-methyl/N-ethyl adjacent to an activating group) is 1. The van der Waals surface area contributed by atoms with Gasteiger partial charge in [-0.3, -0.25) is 0 Å². The minimum Gasteiger partial charge on any atom is -0.322 e. The van der Waals surface area contributed by atoms with E-state index in [2.05, 4.69) is 41.5 Å². The van der Waals surface area contributed by atoms with Gasteiger partial charge in [0.2, 0.25) is 0 Å². The Labute approximate surface area is 131 Å². The lowest BCUT2D eigenvalue weighted by Gasteiger charge is -2.34. The second-order valence-corrected chi connectivity index (χ2v) is 6.79. The summed E-state index contributed by atoms with van der Waals surface area (Å²) in [5.41, 5.74) is 3.55. The second kappa shape index (κ2) is 5.98. The van der Waals surface area contributed by atoms with Crippen molar-refractivity contribution in [1.82, 2.24) is 14.5 Å². The van der Waals surface area contributed by atoms with Crippen LogP contribution in [0.1, 0.15) is 49.5 Å². The first-order valence-corrected chi connectivity index (χ1v) is 8.38. The van der Waals surface area contributed by atoms with Crippen LogP contribution in [0.25, 0.3) is 11.0 Å². The van der Waals surface area contributed by atoms with Crippen LogP contribution in [0.5, 0.6) is 0 Å². The molecule has 0 N–H and O–H groups in total. The van der Waals surface area contributed by atoms with Crippen molar-refractivity contribution in [3.05, 3.63) is 29.6 Å². The number of benzene rings is 1. The number of hydrogen-bond acceptors (Lipinski definition) is 2. The number of fused-ring (bicyclic) bond motifs is 1. The second-order valence-electron chi connectivity index (χ2n) is 6.14. The lowest BCUT2D eigenvalue weighted by atomic mass is 10.0. The van der Waals surface area contributed by atoms with E-state index in [9.17, 15) is 0 Å². The maximum absolute atomic E-state index is 6.41. The zero-order valence-electron chi connectivity index (χ0n) is 13.1. The molecule has 1 fully saturated rings. The van der Waals surface area contributed by atoms with E-state index >= 15 is 0 Å². The van der Waals surface area contributed by atoms with Crippen molar-refractivity contribution in [2.75, 3.05) is 19.6 Å². The summed E-state index contributed by atoms with van der Waals surface area (Å²) in [5.74, 6) is 1.01. The molecule has 3 nitrogen and oxygen atoms in total. The maximum atomic E-state index is 6.41. The summed E-state index contributed by atoms with van der Waals surface area (Å²) >= 11 is 6.41. The van der Waals surface area contributed by atoms with Gasteiger partial charge in [-0.2, -0.15) is 0 Å². The first kappa shape index (κ1) is 14.9. The number of imidazole rings is 1. The third-order valence-electron chi connectivity index (χ3n) is 4.52. The summed E-state index contributed by atoms with van der Waals surface area (Å²) in [7, 11) is 0. The molecule has 4 heteroatoms. The molecule has 1 aromatic heterocycles. The summed E-state index contributed by atoms with van der Waals surface area (Å²) in [6, 6.07) is 7.02. The topological polar surface area (TPSA) is 21.1 Å². The predicted molar refractivity (Wildman–Crippen MR) is 89.1 cm³/mol.